The van der Waals surface area contributed by atoms with Crippen molar-refractivity contribution in [1.29, 1.82) is 0 Å². The molecule has 4 heteroatoms. The summed E-state index contributed by atoms with van der Waals surface area (Å²) in [6, 6.07) is 7.91. The van der Waals surface area contributed by atoms with Crippen LogP contribution in [0.1, 0.15) is 24.0 Å². The summed E-state index contributed by atoms with van der Waals surface area (Å²) in [4.78, 5) is 10.4. The zero-order valence-corrected chi connectivity index (χ0v) is 8.89. The third-order valence-electron chi connectivity index (χ3n) is 2.56. The predicted octanol–water partition coefficient (Wildman–Crippen LogP) is 1.92. The average molecular weight is 222 g/mol. The van der Waals surface area contributed by atoms with Crippen LogP contribution in [0.15, 0.2) is 24.3 Å². The van der Waals surface area contributed by atoms with Gasteiger partial charge >= 0.3 is 5.97 Å². The highest BCUT2D eigenvalue weighted by atomic mass is 16.7. The van der Waals surface area contributed by atoms with Crippen molar-refractivity contribution in [2.75, 3.05) is 0 Å². The van der Waals surface area contributed by atoms with Crippen LogP contribution in [0.5, 0.6) is 0 Å². The molecule has 1 aromatic rings. The first-order valence-corrected chi connectivity index (χ1v) is 5.27. The van der Waals surface area contributed by atoms with Crippen molar-refractivity contribution in [3.63, 3.8) is 0 Å². The number of hydrogen-bond acceptors (Lipinski definition) is 3. The number of hydrogen-bond donors (Lipinski definition) is 1. The van der Waals surface area contributed by atoms with Gasteiger partial charge in [0, 0.05) is 6.42 Å². The maximum atomic E-state index is 10.4. The van der Waals surface area contributed by atoms with E-state index in [1.165, 1.54) is 0 Å². The maximum Gasteiger partial charge on any atom is 0.303 e. The van der Waals surface area contributed by atoms with Gasteiger partial charge in [0.2, 0.25) is 0 Å². The molecule has 16 heavy (non-hydrogen) atoms. The van der Waals surface area contributed by atoms with Crippen molar-refractivity contribution in [3.8, 4) is 0 Å². The molecule has 2 rings (SSSR count). The summed E-state index contributed by atoms with van der Waals surface area (Å²) in [5.41, 5.74) is 2.22. The molecule has 1 aliphatic heterocycles. The third-order valence-corrected chi connectivity index (χ3v) is 2.56. The molecule has 0 radical (unpaired) electrons. The van der Waals surface area contributed by atoms with Gasteiger partial charge in [-0.3, -0.25) is 4.79 Å². The standard InChI is InChI=1S/C12H14O4/c13-11(14)5-6-12-15-7-9-3-1-2-4-10(9)8-16-12/h1-4,12H,5-8H2,(H,13,14). The molecular formula is C12H14O4. The largest absolute Gasteiger partial charge is 0.481 e. The van der Waals surface area contributed by atoms with Gasteiger partial charge in [-0.1, -0.05) is 24.3 Å². The Bertz CT molecular complexity index is 348. The highest BCUT2D eigenvalue weighted by Crippen LogP contribution is 2.19. The van der Waals surface area contributed by atoms with Crippen LogP contribution >= 0.6 is 0 Å². The molecule has 0 amide bonds. The van der Waals surface area contributed by atoms with Gasteiger partial charge < -0.3 is 14.6 Å². The van der Waals surface area contributed by atoms with Gasteiger partial charge in [-0.05, 0) is 11.1 Å². The lowest BCUT2D eigenvalue weighted by Gasteiger charge is -2.13. The van der Waals surface area contributed by atoms with E-state index in [1.807, 2.05) is 24.3 Å². The highest BCUT2D eigenvalue weighted by Gasteiger charge is 2.17. The first kappa shape index (κ1) is 11.1. The van der Waals surface area contributed by atoms with Crippen molar-refractivity contribution < 1.29 is 19.4 Å². The highest BCUT2D eigenvalue weighted by molar-refractivity contribution is 5.66. The Morgan fingerprint density at radius 3 is 2.31 bits per heavy atom. The van der Waals surface area contributed by atoms with Gasteiger partial charge in [0.15, 0.2) is 6.29 Å². The molecule has 86 valence electrons. The van der Waals surface area contributed by atoms with Crippen LogP contribution in [-0.4, -0.2) is 17.4 Å². The van der Waals surface area contributed by atoms with Crippen LogP contribution in [0.3, 0.4) is 0 Å². The van der Waals surface area contributed by atoms with E-state index in [9.17, 15) is 4.79 Å². The fourth-order valence-electron chi connectivity index (χ4n) is 1.66. The van der Waals surface area contributed by atoms with Crippen molar-refractivity contribution in [2.45, 2.75) is 32.3 Å². The minimum absolute atomic E-state index is 0.0704. The molecule has 0 aliphatic carbocycles. The van der Waals surface area contributed by atoms with Gasteiger partial charge in [0.1, 0.15) is 0 Å². The Hall–Kier alpha value is -1.39. The molecule has 0 bridgehead atoms. The smallest absolute Gasteiger partial charge is 0.303 e. The molecule has 0 fully saturated rings. The van der Waals surface area contributed by atoms with Gasteiger partial charge in [0.25, 0.3) is 0 Å². The molecule has 1 aliphatic rings. The summed E-state index contributed by atoms with van der Waals surface area (Å²) in [6.45, 7) is 0.973. The number of carbonyl (C=O) groups is 1. The number of benzene rings is 1. The van der Waals surface area contributed by atoms with E-state index < -0.39 is 12.3 Å². The number of carboxylic acid groups (broad SMARTS) is 1. The molecule has 0 spiro atoms. The van der Waals surface area contributed by atoms with Crippen LogP contribution in [-0.2, 0) is 27.5 Å². The summed E-state index contributed by atoms with van der Waals surface area (Å²) in [5.74, 6) is -0.825. The van der Waals surface area contributed by atoms with Gasteiger partial charge in [-0.15, -0.1) is 0 Å². The lowest BCUT2D eigenvalue weighted by Crippen LogP contribution is -2.16. The molecule has 0 saturated heterocycles. The lowest BCUT2D eigenvalue weighted by molar-refractivity contribution is -0.159. The van der Waals surface area contributed by atoms with Crippen molar-refractivity contribution >= 4 is 5.97 Å². The second kappa shape index (κ2) is 5.09. The lowest BCUT2D eigenvalue weighted by atomic mass is 10.1. The zero-order chi connectivity index (χ0) is 11.4. The summed E-state index contributed by atoms with van der Waals surface area (Å²) >= 11 is 0. The molecule has 0 aromatic heterocycles. The Labute approximate surface area is 93.8 Å². The molecule has 1 aromatic carbocycles. The molecule has 0 unspecified atom stereocenters. The van der Waals surface area contributed by atoms with Crippen molar-refractivity contribution in [2.24, 2.45) is 0 Å². The minimum Gasteiger partial charge on any atom is -0.481 e. The van der Waals surface area contributed by atoms with E-state index in [0.29, 0.717) is 19.6 Å². The molecule has 1 heterocycles. The van der Waals surface area contributed by atoms with Gasteiger partial charge in [-0.2, -0.15) is 0 Å². The second-order valence-electron chi connectivity index (χ2n) is 3.75. The van der Waals surface area contributed by atoms with E-state index >= 15 is 0 Å². The number of aliphatic carboxylic acids is 1. The number of carboxylic acids is 1. The number of rotatable bonds is 3. The maximum absolute atomic E-state index is 10.4. The quantitative estimate of drug-likeness (QED) is 0.848. The minimum atomic E-state index is -0.825. The van der Waals surface area contributed by atoms with Crippen LogP contribution in [0.25, 0.3) is 0 Å². The number of ether oxygens (including phenoxy) is 2. The van der Waals surface area contributed by atoms with E-state index in [-0.39, 0.29) is 6.42 Å². The van der Waals surface area contributed by atoms with E-state index in [1.54, 1.807) is 0 Å². The van der Waals surface area contributed by atoms with Crippen LogP contribution in [0.4, 0.5) is 0 Å². The molecule has 1 N–H and O–H groups in total. The fourth-order valence-corrected chi connectivity index (χ4v) is 1.66. The Balaban J connectivity index is 1.94. The predicted molar refractivity (Wildman–Crippen MR) is 56.7 cm³/mol. The van der Waals surface area contributed by atoms with Crippen molar-refractivity contribution in [3.05, 3.63) is 35.4 Å². The summed E-state index contributed by atoms with van der Waals surface area (Å²) in [6.07, 6.45) is 0.0492. The molecule has 0 saturated carbocycles. The Morgan fingerprint density at radius 2 is 1.81 bits per heavy atom. The van der Waals surface area contributed by atoms with Gasteiger partial charge in [-0.25, -0.2) is 0 Å². The Morgan fingerprint density at radius 1 is 1.25 bits per heavy atom. The number of fused-ring (bicyclic) bond motifs is 1. The third kappa shape index (κ3) is 2.81. The fraction of sp³-hybridized carbons (Fsp3) is 0.417. The SMILES string of the molecule is O=C(O)CCC1OCc2ccccc2CO1. The first-order valence-electron chi connectivity index (χ1n) is 5.27. The van der Waals surface area contributed by atoms with Crippen molar-refractivity contribution in [1.82, 2.24) is 0 Å². The summed E-state index contributed by atoms with van der Waals surface area (Å²) in [5, 5.41) is 8.58. The summed E-state index contributed by atoms with van der Waals surface area (Å²) < 4.78 is 11.0. The summed E-state index contributed by atoms with van der Waals surface area (Å²) in [7, 11) is 0. The first-order chi connectivity index (χ1) is 7.75. The van der Waals surface area contributed by atoms with Crippen LogP contribution < -0.4 is 0 Å². The average Bonchev–Trinajstić information content (AvgIpc) is 2.49. The second-order valence-corrected chi connectivity index (χ2v) is 3.75. The monoisotopic (exact) mass is 222 g/mol. The van der Waals surface area contributed by atoms with E-state index in [0.717, 1.165) is 11.1 Å². The van der Waals surface area contributed by atoms with Crippen LogP contribution in [0, 0.1) is 0 Å². The van der Waals surface area contributed by atoms with E-state index in [4.69, 9.17) is 14.6 Å². The van der Waals surface area contributed by atoms with E-state index in [2.05, 4.69) is 0 Å². The molecule has 4 nitrogen and oxygen atoms in total. The van der Waals surface area contributed by atoms with Crippen LogP contribution in [0.2, 0.25) is 0 Å². The normalized spacial score (nSPS) is 16.5. The molecule has 0 atom stereocenters. The zero-order valence-electron chi connectivity index (χ0n) is 8.89. The topological polar surface area (TPSA) is 55.8 Å². The van der Waals surface area contributed by atoms with Gasteiger partial charge in [0.05, 0.1) is 19.6 Å². The molecular weight excluding hydrogens is 208 g/mol. The Kier molecular flexibility index (Phi) is 3.54.